The summed E-state index contributed by atoms with van der Waals surface area (Å²) in [5.41, 5.74) is 3.52. The lowest BCUT2D eigenvalue weighted by molar-refractivity contribution is -0.132. The molecule has 0 bridgehead atoms. The maximum Gasteiger partial charge on any atom is 0.390 e. The largest absolute Gasteiger partial charge is 0.390 e. The van der Waals surface area contributed by atoms with Gasteiger partial charge < -0.3 is 14.7 Å². The average Bonchev–Trinajstić information content (AvgIpc) is 2.98. The van der Waals surface area contributed by atoms with Crippen LogP contribution in [0, 0.1) is 0 Å². The SMILES string of the molecule is O=C1c2cccc3c(N4CCCN(CCCc5ccccc5)CC4)ccc(c23)N1CCC(F)(F)F. The van der Waals surface area contributed by atoms with Crippen LogP contribution in [-0.2, 0) is 6.42 Å². The number of anilines is 2. The zero-order valence-electron chi connectivity index (χ0n) is 19.7. The van der Waals surface area contributed by atoms with E-state index in [9.17, 15) is 18.0 Å². The van der Waals surface area contributed by atoms with E-state index in [1.165, 1.54) is 10.5 Å². The first kappa shape index (κ1) is 23.7. The summed E-state index contributed by atoms with van der Waals surface area (Å²) >= 11 is 0. The first-order valence-corrected chi connectivity index (χ1v) is 12.4. The van der Waals surface area contributed by atoms with Gasteiger partial charge in [-0.1, -0.05) is 42.5 Å². The Balaban J connectivity index is 1.29. The van der Waals surface area contributed by atoms with Crippen molar-refractivity contribution in [2.24, 2.45) is 0 Å². The second-order valence-electron chi connectivity index (χ2n) is 9.43. The van der Waals surface area contributed by atoms with Crippen LogP contribution in [0.5, 0.6) is 0 Å². The molecule has 184 valence electrons. The molecule has 1 saturated heterocycles. The van der Waals surface area contributed by atoms with Crippen molar-refractivity contribution >= 4 is 28.1 Å². The number of carbonyl (C=O) groups is 1. The molecule has 4 nitrogen and oxygen atoms in total. The van der Waals surface area contributed by atoms with Crippen molar-refractivity contribution in [2.45, 2.75) is 31.9 Å². The number of hydrogen-bond donors (Lipinski definition) is 0. The van der Waals surface area contributed by atoms with Crippen LogP contribution >= 0.6 is 0 Å². The summed E-state index contributed by atoms with van der Waals surface area (Å²) in [6.07, 6.45) is -2.06. The van der Waals surface area contributed by atoms with Crippen molar-refractivity contribution in [1.29, 1.82) is 0 Å². The van der Waals surface area contributed by atoms with Crippen LogP contribution in [0.3, 0.4) is 0 Å². The lowest BCUT2D eigenvalue weighted by atomic mass is 10.0. The molecular formula is C28H30F3N3O. The standard InChI is InChI=1S/C28H30F3N3O/c29-28(30,31)14-18-34-25-13-12-24(22-10-4-11-23(26(22)25)27(34)35)33-17-6-16-32(19-20-33)15-5-9-21-7-2-1-3-8-21/h1-4,7-8,10-13H,5-6,9,14-20H2. The second-order valence-corrected chi connectivity index (χ2v) is 9.43. The zero-order valence-corrected chi connectivity index (χ0v) is 19.7. The van der Waals surface area contributed by atoms with Crippen molar-refractivity contribution in [3.05, 3.63) is 71.8 Å². The van der Waals surface area contributed by atoms with Gasteiger partial charge in [0.15, 0.2) is 0 Å². The lowest BCUT2D eigenvalue weighted by Gasteiger charge is -2.26. The van der Waals surface area contributed by atoms with Gasteiger partial charge in [0.1, 0.15) is 0 Å². The molecule has 3 aromatic rings. The van der Waals surface area contributed by atoms with Crippen LogP contribution in [0.4, 0.5) is 24.5 Å². The Morgan fingerprint density at radius 2 is 1.60 bits per heavy atom. The fourth-order valence-corrected chi connectivity index (χ4v) is 5.35. The summed E-state index contributed by atoms with van der Waals surface area (Å²) in [7, 11) is 0. The third-order valence-corrected chi connectivity index (χ3v) is 7.09. The molecule has 2 aliphatic rings. The molecule has 1 amide bonds. The van der Waals surface area contributed by atoms with E-state index in [1.807, 2.05) is 30.3 Å². The number of aryl methyl sites for hydroxylation is 1. The Kier molecular flexibility index (Phi) is 6.69. The second kappa shape index (κ2) is 9.90. The molecular weight excluding hydrogens is 451 g/mol. The minimum absolute atomic E-state index is 0.340. The molecule has 3 aromatic carbocycles. The highest BCUT2D eigenvalue weighted by Crippen LogP contribution is 2.42. The monoisotopic (exact) mass is 481 g/mol. The maximum atomic E-state index is 12.9. The van der Waals surface area contributed by atoms with Gasteiger partial charge >= 0.3 is 6.18 Å². The van der Waals surface area contributed by atoms with E-state index in [-0.39, 0.29) is 12.5 Å². The summed E-state index contributed by atoms with van der Waals surface area (Å²) in [4.78, 5) is 19.1. The fourth-order valence-electron chi connectivity index (χ4n) is 5.35. The van der Waals surface area contributed by atoms with Crippen molar-refractivity contribution in [2.75, 3.05) is 49.1 Å². The Labute approximate surface area is 203 Å². The average molecular weight is 482 g/mol. The normalized spacial score (nSPS) is 16.8. The quantitative estimate of drug-likeness (QED) is 0.421. The van der Waals surface area contributed by atoms with Crippen LogP contribution in [0.25, 0.3) is 10.8 Å². The van der Waals surface area contributed by atoms with Crippen molar-refractivity contribution in [1.82, 2.24) is 4.90 Å². The number of rotatable bonds is 7. The van der Waals surface area contributed by atoms with Crippen LogP contribution in [0.2, 0.25) is 0 Å². The highest BCUT2D eigenvalue weighted by molar-refractivity contribution is 6.26. The molecule has 0 aromatic heterocycles. The van der Waals surface area contributed by atoms with Gasteiger partial charge in [-0.15, -0.1) is 0 Å². The van der Waals surface area contributed by atoms with E-state index >= 15 is 0 Å². The molecule has 0 aliphatic carbocycles. The molecule has 0 unspecified atom stereocenters. The molecule has 5 rings (SSSR count). The third kappa shape index (κ3) is 5.15. The summed E-state index contributed by atoms with van der Waals surface area (Å²) < 4.78 is 38.5. The number of halogens is 3. The molecule has 0 radical (unpaired) electrons. The number of carbonyl (C=O) groups excluding carboxylic acids is 1. The first-order chi connectivity index (χ1) is 16.9. The number of amides is 1. The van der Waals surface area contributed by atoms with Crippen molar-refractivity contribution in [3.63, 3.8) is 0 Å². The summed E-state index contributed by atoms with van der Waals surface area (Å²) in [5, 5.41) is 1.72. The molecule has 7 heteroatoms. The van der Waals surface area contributed by atoms with E-state index in [0.29, 0.717) is 11.3 Å². The minimum Gasteiger partial charge on any atom is -0.370 e. The molecule has 0 N–H and O–H groups in total. The highest BCUT2D eigenvalue weighted by atomic mass is 19.4. The summed E-state index contributed by atoms with van der Waals surface area (Å²) in [6, 6.07) is 19.9. The van der Waals surface area contributed by atoms with Gasteiger partial charge in [-0.25, -0.2) is 0 Å². The maximum absolute atomic E-state index is 12.9. The van der Waals surface area contributed by atoms with Gasteiger partial charge in [0.05, 0.1) is 12.1 Å². The third-order valence-electron chi connectivity index (χ3n) is 7.09. The first-order valence-electron chi connectivity index (χ1n) is 12.4. The number of benzene rings is 3. The van der Waals surface area contributed by atoms with E-state index < -0.39 is 12.6 Å². The number of alkyl halides is 3. The smallest absolute Gasteiger partial charge is 0.370 e. The van der Waals surface area contributed by atoms with E-state index in [2.05, 4.69) is 34.1 Å². The van der Waals surface area contributed by atoms with Crippen molar-refractivity contribution < 1.29 is 18.0 Å². The predicted molar refractivity (Wildman–Crippen MR) is 134 cm³/mol. The molecule has 0 spiro atoms. The number of nitrogens with zero attached hydrogens (tertiary/aromatic N) is 3. The van der Waals surface area contributed by atoms with E-state index in [0.717, 1.165) is 68.4 Å². The summed E-state index contributed by atoms with van der Waals surface area (Å²) in [5.74, 6) is -0.340. The fraction of sp³-hybridized carbons (Fsp3) is 0.393. The van der Waals surface area contributed by atoms with Crippen molar-refractivity contribution in [3.8, 4) is 0 Å². The predicted octanol–water partition coefficient (Wildman–Crippen LogP) is 5.90. The van der Waals surface area contributed by atoms with Gasteiger partial charge in [-0.05, 0) is 56.1 Å². The topological polar surface area (TPSA) is 26.8 Å². The van der Waals surface area contributed by atoms with Crippen LogP contribution in [0.15, 0.2) is 60.7 Å². The molecule has 0 atom stereocenters. The molecule has 2 aliphatic heterocycles. The Morgan fingerprint density at radius 1 is 0.800 bits per heavy atom. The van der Waals surface area contributed by atoms with Crippen LogP contribution < -0.4 is 9.80 Å². The molecule has 2 heterocycles. The van der Waals surface area contributed by atoms with Gasteiger partial charge in [-0.2, -0.15) is 13.2 Å². The van der Waals surface area contributed by atoms with Gasteiger partial charge in [0, 0.05) is 48.2 Å². The summed E-state index contributed by atoms with van der Waals surface area (Å²) in [6.45, 7) is 4.53. The van der Waals surface area contributed by atoms with Gasteiger partial charge in [0.25, 0.3) is 5.91 Å². The van der Waals surface area contributed by atoms with E-state index in [1.54, 1.807) is 6.07 Å². The Bertz CT molecular complexity index is 1200. The Morgan fingerprint density at radius 3 is 2.40 bits per heavy atom. The van der Waals surface area contributed by atoms with E-state index in [4.69, 9.17) is 0 Å². The minimum atomic E-state index is -4.30. The highest BCUT2D eigenvalue weighted by Gasteiger charge is 2.35. The van der Waals surface area contributed by atoms with Gasteiger partial charge in [0.2, 0.25) is 0 Å². The number of hydrogen-bond acceptors (Lipinski definition) is 3. The molecule has 1 fully saturated rings. The molecule has 0 saturated carbocycles. The Hall–Kier alpha value is -3.06. The van der Waals surface area contributed by atoms with Gasteiger partial charge in [-0.3, -0.25) is 4.79 Å². The zero-order chi connectivity index (χ0) is 24.4. The molecule has 35 heavy (non-hydrogen) atoms. The lowest BCUT2D eigenvalue weighted by Crippen LogP contribution is -2.31. The van der Waals surface area contributed by atoms with Crippen LogP contribution in [0.1, 0.15) is 35.2 Å². The van der Waals surface area contributed by atoms with Crippen LogP contribution in [-0.4, -0.2) is 56.3 Å².